The second kappa shape index (κ2) is 9.80. The number of hydrogen-bond acceptors (Lipinski definition) is 5. The van der Waals surface area contributed by atoms with Crippen LogP contribution in [0, 0.1) is 23.7 Å². The van der Waals surface area contributed by atoms with Gasteiger partial charge in [-0.25, -0.2) is 4.98 Å². The smallest absolute Gasteiger partial charge is 0.276 e. The van der Waals surface area contributed by atoms with Gasteiger partial charge in [-0.05, 0) is 68.1 Å². The number of amides is 2. The third-order valence-corrected chi connectivity index (χ3v) is 6.44. The van der Waals surface area contributed by atoms with E-state index in [-0.39, 0.29) is 5.91 Å². The number of carbonyl (C=O) groups is 2. The Morgan fingerprint density at radius 1 is 1.15 bits per heavy atom. The fourth-order valence-corrected chi connectivity index (χ4v) is 4.38. The number of hydrogen-bond donors (Lipinski definition) is 2. The highest BCUT2D eigenvalue weighted by atomic mass is 16.2. The van der Waals surface area contributed by atoms with E-state index in [9.17, 15) is 9.59 Å². The Kier molecular flexibility index (Phi) is 6.66. The van der Waals surface area contributed by atoms with E-state index in [1.165, 1.54) is 6.20 Å². The van der Waals surface area contributed by atoms with Gasteiger partial charge in [-0.15, -0.1) is 0 Å². The number of rotatable bonds is 6. The van der Waals surface area contributed by atoms with Crippen LogP contribution in [0.1, 0.15) is 45.6 Å². The molecule has 0 saturated carbocycles. The number of carbonyl (C=O) groups excluding carboxylic acids is 2. The van der Waals surface area contributed by atoms with Crippen LogP contribution in [0.4, 0.5) is 0 Å². The van der Waals surface area contributed by atoms with Crippen molar-refractivity contribution in [3.05, 3.63) is 89.0 Å². The van der Waals surface area contributed by atoms with Crippen molar-refractivity contribution in [1.29, 1.82) is 5.26 Å². The zero-order valence-corrected chi connectivity index (χ0v) is 18.7. The number of aryl methyl sites for hydroxylation is 1. The summed E-state index contributed by atoms with van der Waals surface area (Å²) in [4.78, 5) is 30.7. The van der Waals surface area contributed by atoms with Crippen molar-refractivity contribution in [1.82, 2.24) is 20.2 Å². The Balaban J connectivity index is 1.51. The summed E-state index contributed by atoms with van der Waals surface area (Å²) in [6.07, 6.45) is 4.99. The van der Waals surface area contributed by atoms with Crippen LogP contribution in [0.5, 0.6) is 0 Å². The minimum Gasteiger partial charge on any atom is -0.322 e. The van der Waals surface area contributed by atoms with Crippen molar-refractivity contribution in [2.24, 2.45) is 5.41 Å². The molecule has 2 amide bonds. The van der Waals surface area contributed by atoms with Gasteiger partial charge in [0.25, 0.3) is 5.91 Å². The standard InChI is InChI=1S/C26H27N5O2/c1-19-4-2-3-5-22(19)14-26(10-12-28-13-11-26)25(33)30-24(32)23-16-29-18-31(23)17-21-8-6-20(15-27)7-9-21/h2-9,16,18,28H,10-14,17H2,1H3,(H,30,32,33). The van der Waals surface area contributed by atoms with E-state index in [1.54, 1.807) is 23.0 Å². The lowest BCUT2D eigenvalue weighted by Gasteiger charge is -2.36. The lowest BCUT2D eigenvalue weighted by atomic mass is 9.72. The van der Waals surface area contributed by atoms with Crippen molar-refractivity contribution in [3.8, 4) is 6.07 Å². The minimum absolute atomic E-state index is 0.233. The summed E-state index contributed by atoms with van der Waals surface area (Å²) in [5.41, 5.74) is 3.48. The van der Waals surface area contributed by atoms with Crippen LogP contribution in [-0.2, 0) is 17.8 Å². The van der Waals surface area contributed by atoms with Gasteiger partial charge < -0.3 is 9.88 Å². The highest BCUT2D eigenvalue weighted by Gasteiger charge is 2.40. The van der Waals surface area contributed by atoms with Crippen LogP contribution >= 0.6 is 0 Å². The molecular formula is C26H27N5O2. The first kappa shape index (κ1) is 22.4. The summed E-state index contributed by atoms with van der Waals surface area (Å²) in [6.45, 7) is 3.95. The molecule has 1 saturated heterocycles. The fraction of sp³-hybridized carbons (Fsp3) is 0.308. The maximum Gasteiger partial charge on any atom is 0.276 e. The van der Waals surface area contributed by atoms with Crippen molar-refractivity contribution in [3.63, 3.8) is 0 Å². The average Bonchev–Trinajstić information content (AvgIpc) is 3.30. The van der Waals surface area contributed by atoms with Crippen LogP contribution in [0.25, 0.3) is 0 Å². The highest BCUT2D eigenvalue weighted by molar-refractivity contribution is 6.05. The van der Waals surface area contributed by atoms with E-state index in [0.717, 1.165) is 29.8 Å². The largest absolute Gasteiger partial charge is 0.322 e. The number of nitrogens with one attached hydrogen (secondary N) is 2. The number of aromatic nitrogens is 2. The van der Waals surface area contributed by atoms with E-state index < -0.39 is 11.3 Å². The van der Waals surface area contributed by atoms with Crippen LogP contribution in [0.15, 0.2) is 61.1 Å². The summed E-state index contributed by atoms with van der Waals surface area (Å²) in [5, 5.41) is 15.0. The average molecular weight is 442 g/mol. The van der Waals surface area contributed by atoms with E-state index >= 15 is 0 Å². The van der Waals surface area contributed by atoms with E-state index in [2.05, 4.69) is 40.7 Å². The zero-order chi connectivity index (χ0) is 23.3. The Hall–Kier alpha value is -3.76. The molecule has 1 aliphatic heterocycles. The van der Waals surface area contributed by atoms with Gasteiger partial charge in [-0.2, -0.15) is 5.26 Å². The molecule has 7 nitrogen and oxygen atoms in total. The molecule has 0 aliphatic carbocycles. The quantitative estimate of drug-likeness (QED) is 0.573. The third-order valence-electron chi connectivity index (χ3n) is 6.44. The first-order chi connectivity index (χ1) is 16.0. The molecule has 1 aromatic heterocycles. The fourth-order valence-electron chi connectivity index (χ4n) is 4.38. The Bertz CT molecular complexity index is 1180. The maximum absolute atomic E-state index is 13.5. The molecule has 4 rings (SSSR count). The van der Waals surface area contributed by atoms with Gasteiger partial charge in [0.05, 0.1) is 29.6 Å². The third kappa shape index (κ3) is 5.02. The first-order valence-electron chi connectivity index (χ1n) is 11.1. The van der Waals surface area contributed by atoms with Gasteiger partial charge >= 0.3 is 0 Å². The first-order valence-corrected chi connectivity index (χ1v) is 11.1. The summed E-state index contributed by atoms with van der Waals surface area (Å²) >= 11 is 0. The van der Waals surface area contributed by atoms with Gasteiger partial charge in [0.2, 0.25) is 5.91 Å². The summed E-state index contributed by atoms with van der Waals surface area (Å²) < 4.78 is 1.71. The highest BCUT2D eigenvalue weighted by Crippen LogP contribution is 2.34. The Morgan fingerprint density at radius 3 is 2.58 bits per heavy atom. The van der Waals surface area contributed by atoms with Crippen molar-refractivity contribution in [2.75, 3.05) is 13.1 Å². The lowest BCUT2D eigenvalue weighted by Crippen LogP contribution is -2.50. The predicted molar refractivity (Wildman–Crippen MR) is 124 cm³/mol. The van der Waals surface area contributed by atoms with Crippen LogP contribution in [0.3, 0.4) is 0 Å². The van der Waals surface area contributed by atoms with E-state index in [4.69, 9.17) is 5.26 Å². The molecule has 7 heteroatoms. The molecule has 0 bridgehead atoms. The molecule has 0 radical (unpaired) electrons. The number of nitriles is 1. The Morgan fingerprint density at radius 2 is 1.88 bits per heavy atom. The molecule has 2 N–H and O–H groups in total. The van der Waals surface area contributed by atoms with E-state index in [0.29, 0.717) is 37.1 Å². The Labute approximate surface area is 193 Å². The number of nitrogens with zero attached hydrogens (tertiary/aromatic N) is 3. The molecular weight excluding hydrogens is 414 g/mol. The molecule has 33 heavy (non-hydrogen) atoms. The van der Waals surface area contributed by atoms with Crippen molar-refractivity contribution >= 4 is 11.8 Å². The van der Waals surface area contributed by atoms with E-state index in [1.807, 2.05) is 24.3 Å². The molecule has 0 spiro atoms. The summed E-state index contributed by atoms with van der Waals surface area (Å²) in [6, 6.07) is 17.3. The molecule has 0 atom stereocenters. The zero-order valence-electron chi connectivity index (χ0n) is 18.7. The van der Waals surface area contributed by atoms with Crippen molar-refractivity contribution in [2.45, 2.75) is 32.7 Å². The van der Waals surface area contributed by atoms with Gasteiger partial charge in [0.1, 0.15) is 5.69 Å². The SMILES string of the molecule is Cc1ccccc1CC1(C(=O)NC(=O)c2cncn2Cc2ccc(C#N)cc2)CCNCC1. The second-order valence-electron chi connectivity index (χ2n) is 8.63. The predicted octanol–water partition coefficient (Wildman–Crippen LogP) is 2.98. The molecule has 168 valence electrons. The van der Waals surface area contributed by atoms with Gasteiger partial charge in [0.15, 0.2) is 0 Å². The number of imidazole rings is 1. The summed E-state index contributed by atoms with van der Waals surface area (Å²) in [5.74, 6) is -0.683. The van der Waals surface area contributed by atoms with Crippen LogP contribution in [0.2, 0.25) is 0 Å². The minimum atomic E-state index is -0.634. The molecule has 0 unspecified atom stereocenters. The maximum atomic E-state index is 13.5. The van der Waals surface area contributed by atoms with Crippen LogP contribution < -0.4 is 10.6 Å². The monoisotopic (exact) mass is 441 g/mol. The number of piperidine rings is 1. The van der Waals surface area contributed by atoms with Gasteiger partial charge in [-0.3, -0.25) is 14.9 Å². The van der Waals surface area contributed by atoms with Crippen molar-refractivity contribution < 1.29 is 9.59 Å². The topological polar surface area (TPSA) is 99.8 Å². The second-order valence-corrected chi connectivity index (χ2v) is 8.63. The normalized spacial score (nSPS) is 14.9. The van der Waals surface area contributed by atoms with Crippen LogP contribution in [-0.4, -0.2) is 34.5 Å². The summed E-state index contributed by atoms with van der Waals surface area (Å²) in [7, 11) is 0. The van der Waals surface area contributed by atoms with Gasteiger partial charge in [-0.1, -0.05) is 36.4 Å². The van der Waals surface area contributed by atoms with Gasteiger partial charge in [0, 0.05) is 6.54 Å². The molecule has 1 fully saturated rings. The number of benzene rings is 2. The molecule has 3 aromatic rings. The number of imide groups is 1. The molecule has 1 aliphatic rings. The molecule has 2 heterocycles. The lowest BCUT2D eigenvalue weighted by molar-refractivity contribution is -0.131. The molecule has 2 aromatic carbocycles.